The molecule has 0 saturated heterocycles. The Hall–Kier alpha value is -1.66. The van der Waals surface area contributed by atoms with Crippen molar-refractivity contribution >= 4 is 16.3 Å². The lowest BCUT2D eigenvalue weighted by Gasteiger charge is -2.04. The van der Waals surface area contributed by atoms with Gasteiger partial charge in [-0.2, -0.15) is 5.10 Å². The van der Waals surface area contributed by atoms with E-state index in [1.165, 1.54) is 5.69 Å². The van der Waals surface area contributed by atoms with Crippen molar-refractivity contribution in [3.05, 3.63) is 41.4 Å². The van der Waals surface area contributed by atoms with Gasteiger partial charge in [0.1, 0.15) is 0 Å². The van der Waals surface area contributed by atoms with Gasteiger partial charge in [-0.3, -0.25) is 9.08 Å². The van der Waals surface area contributed by atoms with Gasteiger partial charge in [0.05, 0.1) is 17.9 Å². The van der Waals surface area contributed by atoms with Crippen LogP contribution < -0.4 is 5.32 Å². The molecule has 0 radical (unpaired) electrons. The molecule has 5 nitrogen and oxygen atoms in total. The van der Waals surface area contributed by atoms with Crippen LogP contribution in [0.5, 0.6) is 0 Å². The predicted molar refractivity (Wildman–Crippen MR) is 67.2 cm³/mol. The van der Waals surface area contributed by atoms with Crippen molar-refractivity contribution in [2.24, 2.45) is 0 Å². The lowest BCUT2D eigenvalue weighted by molar-refractivity contribution is 0.615. The first kappa shape index (κ1) is 10.5. The van der Waals surface area contributed by atoms with Crippen molar-refractivity contribution < 1.29 is 0 Å². The van der Waals surface area contributed by atoms with Crippen molar-refractivity contribution in [3.8, 4) is 0 Å². The van der Waals surface area contributed by atoms with E-state index in [1.54, 1.807) is 11.3 Å². The number of imidazole rings is 1. The summed E-state index contributed by atoms with van der Waals surface area (Å²) in [4.78, 5) is 5.58. The quantitative estimate of drug-likeness (QED) is 0.757. The first-order valence-corrected chi connectivity index (χ1v) is 6.31. The van der Waals surface area contributed by atoms with Crippen molar-refractivity contribution in [2.45, 2.75) is 13.1 Å². The van der Waals surface area contributed by atoms with Crippen LogP contribution in [0.4, 0.5) is 0 Å². The Kier molecular flexibility index (Phi) is 2.66. The fraction of sp³-hybridized carbons (Fsp3) is 0.273. The minimum atomic E-state index is 0.721. The number of rotatable bonds is 4. The molecular formula is C11H13N5S. The number of aromatic nitrogens is 4. The third-order valence-corrected chi connectivity index (χ3v) is 3.39. The molecule has 6 heteroatoms. The predicted octanol–water partition coefficient (Wildman–Crippen LogP) is 1.36. The Balaban J connectivity index is 1.86. The summed E-state index contributed by atoms with van der Waals surface area (Å²) in [5.74, 6) is 0. The second kappa shape index (κ2) is 4.31. The summed E-state index contributed by atoms with van der Waals surface area (Å²) in [5, 5.41) is 9.48. The van der Waals surface area contributed by atoms with E-state index in [4.69, 9.17) is 0 Å². The summed E-state index contributed by atoms with van der Waals surface area (Å²) in [6.07, 6.45) is 5.90. The molecule has 0 saturated carbocycles. The second-order valence-electron chi connectivity index (χ2n) is 3.84. The van der Waals surface area contributed by atoms with Gasteiger partial charge < -0.3 is 5.32 Å². The van der Waals surface area contributed by atoms with Crippen LogP contribution in [0.2, 0.25) is 0 Å². The molecule has 0 spiro atoms. The van der Waals surface area contributed by atoms with Crippen LogP contribution in [0.1, 0.15) is 11.4 Å². The molecule has 3 aromatic rings. The van der Waals surface area contributed by atoms with Gasteiger partial charge in [-0.1, -0.05) is 0 Å². The Morgan fingerprint density at radius 1 is 1.47 bits per heavy atom. The van der Waals surface area contributed by atoms with E-state index in [2.05, 4.69) is 21.6 Å². The van der Waals surface area contributed by atoms with Gasteiger partial charge in [-0.05, 0) is 13.1 Å². The molecule has 0 bridgehead atoms. The van der Waals surface area contributed by atoms with E-state index in [9.17, 15) is 0 Å². The van der Waals surface area contributed by atoms with Crippen LogP contribution in [-0.2, 0) is 13.1 Å². The number of hydrogen-bond donors (Lipinski definition) is 1. The van der Waals surface area contributed by atoms with E-state index in [0.29, 0.717) is 0 Å². The van der Waals surface area contributed by atoms with Crippen LogP contribution in [0, 0.1) is 0 Å². The number of fused-ring (bicyclic) bond motifs is 1. The highest BCUT2D eigenvalue weighted by Crippen LogP contribution is 2.12. The number of nitrogens with zero attached hydrogens (tertiary/aromatic N) is 4. The highest BCUT2D eigenvalue weighted by atomic mass is 32.1. The third kappa shape index (κ3) is 1.96. The molecule has 0 aliphatic carbocycles. The molecule has 0 aliphatic heterocycles. The van der Waals surface area contributed by atoms with E-state index >= 15 is 0 Å². The molecule has 0 aliphatic rings. The third-order valence-electron chi connectivity index (χ3n) is 2.62. The average Bonchev–Trinajstić information content (AvgIpc) is 2.95. The molecule has 88 valence electrons. The highest BCUT2D eigenvalue weighted by Gasteiger charge is 2.06. The first-order valence-electron chi connectivity index (χ1n) is 5.43. The van der Waals surface area contributed by atoms with Crippen LogP contribution in [0.25, 0.3) is 4.96 Å². The van der Waals surface area contributed by atoms with Gasteiger partial charge in [0, 0.05) is 30.5 Å². The van der Waals surface area contributed by atoms with Gasteiger partial charge in [-0.25, -0.2) is 4.98 Å². The zero-order valence-electron chi connectivity index (χ0n) is 9.50. The average molecular weight is 247 g/mol. The van der Waals surface area contributed by atoms with Gasteiger partial charge in [0.15, 0.2) is 4.96 Å². The monoisotopic (exact) mass is 247 g/mol. The number of hydrogen-bond acceptors (Lipinski definition) is 4. The Morgan fingerprint density at radius 2 is 2.41 bits per heavy atom. The largest absolute Gasteiger partial charge is 0.314 e. The minimum Gasteiger partial charge on any atom is -0.314 e. The zero-order valence-corrected chi connectivity index (χ0v) is 10.3. The molecule has 1 N–H and O–H groups in total. The zero-order chi connectivity index (χ0) is 11.7. The van der Waals surface area contributed by atoms with E-state index in [0.717, 1.165) is 23.7 Å². The van der Waals surface area contributed by atoms with Crippen molar-refractivity contribution in [1.82, 2.24) is 24.5 Å². The van der Waals surface area contributed by atoms with Crippen molar-refractivity contribution in [2.75, 3.05) is 7.05 Å². The fourth-order valence-corrected chi connectivity index (χ4v) is 2.56. The maximum Gasteiger partial charge on any atom is 0.193 e. The van der Waals surface area contributed by atoms with E-state index < -0.39 is 0 Å². The molecule has 3 aromatic heterocycles. The van der Waals surface area contributed by atoms with Gasteiger partial charge in [0.25, 0.3) is 0 Å². The molecule has 17 heavy (non-hydrogen) atoms. The summed E-state index contributed by atoms with van der Waals surface area (Å²) >= 11 is 1.65. The van der Waals surface area contributed by atoms with E-state index in [1.807, 2.05) is 40.0 Å². The smallest absolute Gasteiger partial charge is 0.193 e. The SMILES string of the molecule is CNCc1ccnn1Cc1cn2ccsc2n1. The summed E-state index contributed by atoms with van der Waals surface area (Å²) in [7, 11) is 1.93. The molecule has 0 atom stereocenters. The second-order valence-corrected chi connectivity index (χ2v) is 4.71. The standard InChI is InChI=1S/C11H13N5S/c1-12-6-10-2-3-13-16(10)8-9-7-15-4-5-17-11(15)14-9/h2-5,7,12H,6,8H2,1H3. The maximum absolute atomic E-state index is 4.55. The summed E-state index contributed by atoms with van der Waals surface area (Å²) in [5.41, 5.74) is 2.21. The van der Waals surface area contributed by atoms with Crippen LogP contribution in [0.3, 0.4) is 0 Å². The molecule has 0 unspecified atom stereocenters. The van der Waals surface area contributed by atoms with Gasteiger partial charge >= 0.3 is 0 Å². The Bertz CT molecular complexity index is 592. The Morgan fingerprint density at radius 3 is 3.24 bits per heavy atom. The molecular weight excluding hydrogens is 234 g/mol. The van der Waals surface area contributed by atoms with Crippen molar-refractivity contribution in [3.63, 3.8) is 0 Å². The summed E-state index contributed by atoms with van der Waals surface area (Å²) < 4.78 is 4.02. The van der Waals surface area contributed by atoms with Gasteiger partial charge in [-0.15, -0.1) is 11.3 Å². The Labute approximate surface area is 103 Å². The molecule has 0 amide bonds. The van der Waals surface area contributed by atoms with Crippen molar-refractivity contribution in [1.29, 1.82) is 0 Å². The first-order chi connectivity index (χ1) is 8.36. The van der Waals surface area contributed by atoms with Crippen LogP contribution in [-0.4, -0.2) is 26.2 Å². The van der Waals surface area contributed by atoms with E-state index in [-0.39, 0.29) is 0 Å². The maximum atomic E-state index is 4.55. The lowest BCUT2D eigenvalue weighted by Crippen LogP contribution is -2.13. The topological polar surface area (TPSA) is 47.2 Å². The molecule has 3 rings (SSSR count). The van der Waals surface area contributed by atoms with Crippen LogP contribution in [0.15, 0.2) is 30.0 Å². The highest BCUT2D eigenvalue weighted by molar-refractivity contribution is 7.15. The molecule has 0 aromatic carbocycles. The fourth-order valence-electron chi connectivity index (χ4n) is 1.84. The van der Waals surface area contributed by atoms with Crippen LogP contribution >= 0.6 is 11.3 Å². The molecule has 0 fully saturated rings. The van der Waals surface area contributed by atoms with Gasteiger partial charge in [0.2, 0.25) is 0 Å². The number of nitrogens with one attached hydrogen (secondary N) is 1. The molecule has 3 heterocycles. The number of thiazole rings is 1. The lowest BCUT2D eigenvalue weighted by atomic mass is 10.4. The summed E-state index contributed by atoms with van der Waals surface area (Å²) in [6, 6.07) is 2.02. The summed E-state index contributed by atoms with van der Waals surface area (Å²) in [6.45, 7) is 1.54. The minimum absolute atomic E-state index is 0.721. The normalized spacial score (nSPS) is 11.4.